The van der Waals surface area contributed by atoms with Gasteiger partial charge in [-0.05, 0) is 25.0 Å². The van der Waals surface area contributed by atoms with Crippen molar-refractivity contribution in [1.29, 1.82) is 0 Å². The van der Waals surface area contributed by atoms with Crippen LogP contribution in [0.15, 0.2) is 50.0 Å². The number of fused-ring (bicyclic) bond motifs is 1. The molecule has 2 amide bonds. The zero-order valence-corrected chi connectivity index (χ0v) is 20.5. The number of thiazole rings is 1. The largest absolute Gasteiger partial charge is 0.477 e. The Morgan fingerprint density at radius 2 is 2.06 bits per heavy atom. The summed E-state index contributed by atoms with van der Waals surface area (Å²) in [4.78, 5) is 51.7. The van der Waals surface area contributed by atoms with Crippen molar-refractivity contribution in [3.8, 4) is 11.3 Å². The molecule has 3 aromatic heterocycles. The molecule has 5 N–H and O–H groups in total. The number of nitrogens with zero attached hydrogens (tertiary/aromatic N) is 6. The highest BCUT2D eigenvalue weighted by molar-refractivity contribution is 8.04. The molecule has 2 unspecified atom stereocenters. The average molecular weight is 545 g/mol. The number of allylic oxidation sites excluding steroid dienone is 1. The molecule has 0 bridgehead atoms. The van der Waals surface area contributed by atoms with Gasteiger partial charge in [0.15, 0.2) is 9.47 Å². The third kappa shape index (κ3) is 4.29. The number of hydrogen-bond donors (Lipinski definition) is 4. The molecule has 5 rings (SSSR count). The Bertz CT molecular complexity index is 1420. The number of nitrogen functional groups attached to an aromatic ring is 1. The van der Waals surface area contributed by atoms with Crippen LogP contribution in [0.3, 0.4) is 0 Å². The minimum absolute atomic E-state index is 0.0755. The maximum Gasteiger partial charge on any atom is 0.353 e. The molecule has 2 atom stereocenters. The molecule has 36 heavy (non-hydrogen) atoms. The number of aliphatic carboxylic acids is 1. The summed E-state index contributed by atoms with van der Waals surface area (Å²) >= 11 is 3.40. The van der Waals surface area contributed by atoms with Crippen molar-refractivity contribution in [3.05, 3.63) is 46.3 Å². The Labute approximate surface area is 214 Å². The summed E-state index contributed by atoms with van der Waals surface area (Å²) in [6.45, 7) is 0. The van der Waals surface area contributed by atoms with E-state index in [1.807, 2.05) is 17.5 Å². The van der Waals surface area contributed by atoms with E-state index in [1.54, 1.807) is 12.4 Å². The number of aromatic nitrogens is 4. The van der Waals surface area contributed by atoms with Crippen molar-refractivity contribution in [2.24, 2.45) is 5.16 Å². The molecular formula is C20H16N8O5S3. The fraction of sp³-hybridized carbons (Fsp3) is 0.200. The number of carbonyl (C=O) groups excluding carboxylic acids is 2. The highest BCUT2D eigenvalue weighted by Crippen LogP contribution is 2.44. The first kappa shape index (κ1) is 23.8. The van der Waals surface area contributed by atoms with Gasteiger partial charge in [0, 0.05) is 39.8 Å². The number of oxime groups is 1. The lowest BCUT2D eigenvalue weighted by atomic mass is 9.86. The first-order chi connectivity index (χ1) is 17.4. The predicted octanol–water partition coefficient (Wildman–Crippen LogP) is 1.40. The van der Waals surface area contributed by atoms with Crippen molar-refractivity contribution < 1.29 is 24.7 Å². The Morgan fingerprint density at radius 1 is 1.28 bits per heavy atom. The van der Waals surface area contributed by atoms with Crippen LogP contribution in [-0.4, -0.2) is 70.1 Å². The molecule has 0 aliphatic carbocycles. The maximum absolute atomic E-state index is 12.9. The van der Waals surface area contributed by atoms with Gasteiger partial charge in [-0.15, -0.1) is 11.3 Å². The van der Waals surface area contributed by atoms with Crippen molar-refractivity contribution in [3.63, 3.8) is 0 Å². The van der Waals surface area contributed by atoms with E-state index in [-0.39, 0.29) is 16.7 Å². The number of nitrogens with two attached hydrogens (primary N) is 1. The second-order valence-corrected chi connectivity index (χ2v) is 10.6. The highest BCUT2D eigenvalue weighted by atomic mass is 32.2. The van der Waals surface area contributed by atoms with E-state index >= 15 is 0 Å². The number of thioether (sulfide) groups is 1. The molecule has 3 aromatic rings. The minimum Gasteiger partial charge on any atom is -0.477 e. The number of carbonyl (C=O) groups is 3. The number of pyridine rings is 1. The van der Waals surface area contributed by atoms with Crippen molar-refractivity contribution in [2.45, 2.75) is 29.3 Å². The molecule has 0 saturated carbocycles. The van der Waals surface area contributed by atoms with Gasteiger partial charge in [0.25, 0.3) is 11.8 Å². The van der Waals surface area contributed by atoms with E-state index < -0.39 is 35.6 Å². The van der Waals surface area contributed by atoms with Gasteiger partial charge in [-0.3, -0.25) is 19.5 Å². The van der Waals surface area contributed by atoms with Crippen LogP contribution in [-0.2, 0) is 14.4 Å². The summed E-state index contributed by atoms with van der Waals surface area (Å²) in [7, 11) is 0. The van der Waals surface area contributed by atoms with Gasteiger partial charge >= 0.3 is 5.97 Å². The molecule has 2 aliphatic rings. The van der Waals surface area contributed by atoms with E-state index in [1.165, 1.54) is 28.0 Å². The molecule has 184 valence electrons. The molecule has 2 aliphatic heterocycles. The van der Waals surface area contributed by atoms with Gasteiger partial charge < -0.3 is 21.4 Å². The number of β-lactam (4-membered cyclic amide) rings is 1. The van der Waals surface area contributed by atoms with E-state index in [0.717, 1.165) is 22.8 Å². The predicted molar refractivity (Wildman–Crippen MR) is 130 cm³/mol. The standard InChI is InChI=1S/C20H16N8O5S3/c21-19-25-15(27-36-19)13(26-33)16(29)24-12-10-1-2-11(14(18(31)32)28(10)17(12)30)35-20-23-9(7-34-20)8-3-5-22-6-4-8/h3-7,10,12,33H,1-2H2,(H,24,29)(H,31,32)(H2,21,25,27)/b26-13-. The second-order valence-electron chi connectivity index (χ2n) is 7.58. The van der Waals surface area contributed by atoms with E-state index in [2.05, 4.69) is 29.8 Å². The number of rotatable bonds is 7. The smallest absolute Gasteiger partial charge is 0.353 e. The summed E-state index contributed by atoms with van der Waals surface area (Å²) in [5, 5.41) is 26.5. The van der Waals surface area contributed by atoms with Crippen LogP contribution < -0.4 is 11.1 Å². The minimum atomic E-state index is -1.24. The lowest BCUT2D eigenvalue weighted by Gasteiger charge is -2.49. The lowest BCUT2D eigenvalue weighted by Crippen LogP contribution is -2.72. The summed E-state index contributed by atoms with van der Waals surface area (Å²) in [5.74, 6) is -2.88. The Kier molecular flexibility index (Phi) is 6.38. The molecular weight excluding hydrogens is 528 g/mol. The monoisotopic (exact) mass is 544 g/mol. The van der Waals surface area contributed by atoms with Crippen LogP contribution in [0.4, 0.5) is 5.13 Å². The van der Waals surface area contributed by atoms with Gasteiger partial charge in [-0.25, -0.2) is 9.78 Å². The fourth-order valence-electron chi connectivity index (χ4n) is 3.93. The Morgan fingerprint density at radius 3 is 2.72 bits per heavy atom. The Balaban J connectivity index is 1.33. The SMILES string of the molecule is Nc1nc(/C(=N/O)C(=O)NC2C(=O)N3C(C(=O)O)=C(Sc4nc(-c5ccncc5)cs4)CCC23)ns1. The number of anilines is 1. The summed E-state index contributed by atoms with van der Waals surface area (Å²) < 4.78 is 4.47. The van der Waals surface area contributed by atoms with E-state index in [9.17, 15) is 24.7 Å². The third-order valence-electron chi connectivity index (χ3n) is 5.52. The van der Waals surface area contributed by atoms with Gasteiger partial charge in [-0.2, -0.15) is 9.36 Å². The number of hydrogen-bond acceptors (Lipinski definition) is 13. The molecule has 16 heteroatoms. The fourth-order valence-corrected chi connectivity index (χ4v) is 6.41. The first-order valence-corrected chi connectivity index (χ1v) is 12.8. The van der Waals surface area contributed by atoms with Crippen LogP contribution in [0, 0.1) is 0 Å². The molecule has 5 heterocycles. The summed E-state index contributed by atoms with van der Waals surface area (Å²) in [6, 6.07) is 2.12. The number of carboxylic acid groups (broad SMARTS) is 1. The quantitative estimate of drug-likeness (QED) is 0.145. The zero-order valence-electron chi connectivity index (χ0n) is 18.1. The summed E-state index contributed by atoms with van der Waals surface area (Å²) in [5.41, 5.74) is 6.52. The molecule has 0 aromatic carbocycles. The van der Waals surface area contributed by atoms with Crippen molar-refractivity contribution >= 4 is 63.3 Å². The summed E-state index contributed by atoms with van der Waals surface area (Å²) in [6.07, 6.45) is 4.13. The zero-order chi connectivity index (χ0) is 25.4. The normalized spacial score (nSPS) is 19.6. The molecule has 1 fully saturated rings. The molecule has 0 radical (unpaired) electrons. The van der Waals surface area contributed by atoms with E-state index in [0.29, 0.717) is 22.1 Å². The average Bonchev–Trinajstić information content (AvgIpc) is 3.52. The number of carboxylic acids is 1. The second kappa shape index (κ2) is 9.63. The van der Waals surface area contributed by atoms with Crippen molar-refractivity contribution in [2.75, 3.05) is 5.73 Å². The van der Waals surface area contributed by atoms with Gasteiger partial charge in [0.1, 0.15) is 11.7 Å². The van der Waals surface area contributed by atoms with Gasteiger partial charge in [0.05, 0.1) is 11.7 Å². The topological polar surface area (TPSA) is 197 Å². The number of nitrogens with one attached hydrogen (secondary N) is 1. The number of amides is 2. The third-order valence-corrected chi connectivity index (χ3v) is 8.14. The van der Waals surface area contributed by atoms with Gasteiger partial charge in [-0.1, -0.05) is 16.9 Å². The van der Waals surface area contributed by atoms with Gasteiger partial charge in [0.2, 0.25) is 11.5 Å². The van der Waals surface area contributed by atoms with Crippen LogP contribution in [0.5, 0.6) is 0 Å². The molecule has 0 spiro atoms. The highest BCUT2D eigenvalue weighted by Gasteiger charge is 2.54. The lowest BCUT2D eigenvalue weighted by molar-refractivity contribution is -0.155. The van der Waals surface area contributed by atoms with E-state index in [4.69, 9.17) is 5.73 Å². The van der Waals surface area contributed by atoms with Crippen LogP contribution in [0.25, 0.3) is 11.3 Å². The maximum atomic E-state index is 12.9. The van der Waals surface area contributed by atoms with Crippen molar-refractivity contribution in [1.82, 2.24) is 29.5 Å². The van der Waals surface area contributed by atoms with Crippen LogP contribution >= 0.6 is 34.6 Å². The van der Waals surface area contributed by atoms with Crippen LogP contribution in [0.2, 0.25) is 0 Å². The first-order valence-electron chi connectivity index (χ1n) is 10.3. The molecule has 13 nitrogen and oxygen atoms in total. The molecule has 1 saturated heterocycles. The van der Waals surface area contributed by atoms with Crippen LogP contribution in [0.1, 0.15) is 18.7 Å². The Hall–Kier alpha value is -3.89.